The third-order valence-electron chi connectivity index (χ3n) is 3.80. The zero-order valence-electron chi connectivity index (χ0n) is 13.2. The molecule has 0 aliphatic heterocycles. The fourth-order valence-electron chi connectivity index (χ4n) is 2.07. The molecule has 0 N–H and O–H groups in total. The molecule has 0 aliphatic carbocycles. The standard InChI is InChI=1S/C16H28N2O/c1-13(9-8-12-18(5)16(2,3)4)14-10-7-11-17-15(14)19-6/h7,10-11,13H,8-9,12H2,1-6H3/t13-/m1/s1. The number of nitrogens with zero attached hydrogens (tertiary/aromatic N) is 2. The monoisotopic (exact) mass is 264 g/mol. The Kier molecular flexibility index (Phi) is 5.80. The molecule has 1 aromatic heterocycles. The summed E-state index contributed by atoms with van der Waals surface area (Å²) in [5, 5.41) is 0. The highest BCUT2D eigenvalue weighted by Crippen LogP contribution is 2.27. The number of hydrogen-bond donors (Lipinski definition) is 0. The Bertz CT molecular complexity index is 385. The minimum absolute atomic E-state index is 0.245. The topological polar surface area (TPSA) is 25.4 Å². The highest BCUT2D eigenvalue weighted by atomic mass is 16.5. The van der Waals surface area contributed by atoms with E-state index in [1.54, 1.807) is 13.3 Å². The van der Waals surface area contributed by atoms with Gasteiger partial charge in [-0.05, 0) is 59.2 Å². The second-order valence-corrected chi connectivity index (χ2v) is 6.24. The average molecular weight is 264 g/mol. The van der Waals surface area contributed by atoms with E-state index in [-0.39, 0.29) is 5.54 Å². The first-order valence-corrected chi connectivity index (χ1v) is 7.06. The van der Waals surface area contributed by atoms with Gasteiger partial charge in [-0.3, -0.25) is 0 Å². The van der Waals surface area contributed by atoms with Gasteiger partial charge in [0.2, 0.25) is 5.88 Å². The molecule has 0 aliphatic rings. The van der Waals surface area contributed by atoms with Crippen LogP contribution in [0.25, 0.3) is 0 Å². The van der Waals surface area contributed by atoms with E-state index in [0.29, 0.717) is 5.92 Å². The van der Waals surface area contributed by atoms with Crippen LogP contribution in [0, 0.1) is 0 Å². The maximum absolute atomic E-state index is 5.33. The number of ether oxygens (including phenoxy) is 1. The molecule has 1 heterocycles. The normalized spacial score (nSPS) is 13.6. The summed E-state index contributed by atoms with van der Waals surface area (Å²) in [4.78, 5) is 6.67. The number of hydrogen-bond acceptors (Lipinski definition) is 3. The smallest absolute Gasteiger partial charge is 0.216 e. The first-order chi connectivity index (χ1) is 8.86. The van der Waals surface area contributed by atoms with Crippen LogP contribution in [0.1, 0.15) is 52.0 Å². The Morgan fingerprint density at radius 2 is 2.05 bits per heavy atom. The van der Waals surface area contributed by atoms with Crippen molar-refractivity contribution in [2.45, 2.75) is 52.0 Å². The minimum Gasteiger partial charge on any atom is -0.481 e. The van der Waals surface area contributed by atoms with Crippen molar-refractivity contribution in [2.24, 2.45) is 0 Å². The first-order valence-electron chi connectivity index (χ1n) is 7.06. The molecule has 3 heteroatoms. The lowest BCUT2D eigenvalue weighted by Crippen LogP contribution is -2.38. The van der Waals surface area contributed by atoms with Crippen LogP contribution in [0.3, 0.4) is 0 Å². The van der Waals surface area contributed by atoms with Crippen molar-refractivity contribution in [3.05, 3.63) is 23.9 Å². The minimum atomic E-state index is 0.245. The van der Waals surface area contributed by atoms with Crippen LogP contribution >= 0.6 is 0 Å². The highest BCUT2D eigenvalue weighted by Gasteiger charge is 2.17. The predicted molar refractivity (Wildman–Crippen MR) is 80.8 cm³/mol. The fraction of sp³-hybridized carbons (Fsp3) is 0.688. The van der Waals surface area contributed by atoms with Crippen molar-refractivity contribution in [1.82, 2.24) is 9.88 Å². The van der Waals surface area contributed by atoms with Crippen molar-refractivity contribution < 1.29 is 4.74 Å². The van der Waals surface area contributed by atoms with E-state index in [1.165, 1.54) is 12.0 Å². The third kappa shape index (κ3) is 4.83. The molecule has 0 radical (unpaired) electrons. The summed E-state index contributed by atoms with van der Waals surface area (Å²) in [6.07, 6.45) is 4.12. The zero-order chi connectivity index (χ0) is 14.5. The molecule has 1 atom stereocenters. The fourth-order valence-corrected chi connectivity index (χ4v) is 2.07. The number of methoxy groups -OCH3 is 1. The molecule has 0 saturated heterocycles. The van der Waals surface area contributed by atoms with Gasteiger partial charge in [-0.15, -0.1) is 0 Å². The lowest BCUT2D eigenvalue weighted by atomic mass is 9.96. The van der Waals surface area contributed by atoms with Crippen LogP contribution in [0.15, 0.2) is 18.3 Å². The van der Waals surface area contributed by atoms with Crippen molar-refractivity contribution in [3.63, 3.8) is 0 Å². The summed E-state index contributed by atoms with van der Waals surface area (Å²) < 4.78 is 5.33. The molecule has 0 aromatic carbocycles. The van der Waals surface area contributed by atoms with E-state index >= 15 is 0 Å². The molecule has 3 nitrogen and oxygen atoms in total. The first kappa shape index (κ1) is 16.0. The lowest BCUT2D eigenvalue weighted by molar-refractivity contribution is 0.171. The number of rotatable bonds is 6. The predicted octanol–water partition coefficient (Wildman–Crippen LogP) is 3.70. The third-order valence-corrected chi connectivity index (χ3v) is 3.80. The van der Waals surface area contributed by atoms with Crippen LogP contribution in [0.5, 0.6) is 5.88 Å². The molecule has 0 saturated carbocycles. The van der Waals surface area contributed by atoms with Gasteiger partial charge in [0.1, 0.15) is 0 Å². The lowest BCUT2D eigenvalue weighted by Gasteiger charge is -2.32. The summed E-state index contributed by atoms with van der Waals surface area (Å²) in [5.74, 6) is 1.25. The maximum Gasteiger partial charge on any atom is 0.216 e. The van der Waals surface area contributed by atoms with E-state index in [4.69, 9.17) is 4.74 Å². The summed E-state index contributed by atoms with van der Waals surface area (Å²) in [6.45, 7) is 10.1. The van der Waals surface area contributed by atoms with Gasteiger partial charge in [-0.1, -0.05) is 13.0 Å². The van der Waals surface area contributed by atoms with Crippen LogP contribution < -0.4 is 4.74 Å². The Morgan fingerprint density at radius 3 is 2.63 bits per heavy atom. The SMILES string of the molecule is COc1ncccc1[C@H](C)CCCN(C)C(C)(C)C. The second kappa shape index (κ2) is 6.90. The maximum atomic E-state index is 5.33. The molecule has 0 bridgehead atoms. The summed E-state index contributed by atoms with van der Waals surface area (Å²) in [7, 11) is 3.88. The van der Waals surface area contributed by atoms with Gasteiger partial charge < -0.3 is 9.64 Å². The summed E-state index contributed by atoms with van der Waals surface area (Å²) in [5.41, 5.74) is 1.46. The average Bonchev–Trinajstić information content (AvgIpc) is 2.37. The highest BCUT2D eigenvalue weighted by molar-refractivity contribution is 5.28. The van der Waals surface area contributed by atoms with Gasteiger partial charge >= 0.3 is 0 Å². The second-order valence-electron chi connectivity index (χ2n) is 6.24. The van der Waals surface area contributed by atoms with Crippen LogP contribution in [-0.4, -0.2) is 36.1 Å². The Balaban J connectivity index is 2.50. The van der Waals surface area contributed by atoms with Crippen LogP contribution in [0.2, 0.25) is 0 Å². The molecule has 19 heavy (non-hydrogen) atoms. The Hall–Kier alpha value is -1.09. The van der Waals surface area contributed by atoms with E-state index < -0.39 is 0 Å². The van der Waals surface area contributed by atoms with Gasteiger partial charge in [-0.2, -0.15) is 0 Å². The Morgan fingerprint density at radius 1 is 1.37 bits per heavy atom. The molecular weight excluding hydrogens is 236 g/mol. The van der Waals surface area contributed by atoms with E-state index in [1.807, 2.05) is 6.07 Å². The van der Waals surface area contributed by atoms with Gasteiger partial charge in [-0.25, -0.2) is 4.98 Å². The quantitative estimate of drug-likeness (QED) is 0.783. The molecule has 1 rings (SSSR count). The van der Waals surface area contributed by atoms with Crippen molar-refractivity contribution in [1.29, 1.82) is 0 Å². The zero-order valence-corrected chi connectivity index (χ0v) is 13.2. The molecule has 0 unspecified atom stereocenters. The molecule has 0 amide bonds. The number of aromatic nitrogens is 1. The van der Waals surface area contributed by atoms with Gasteiger partial charge in [0.05, 0.1) is 7.11 Å². The molecule has 108 valence electrons. The van der Waals surface area contributed by atoms with E-state index in [2.05, 4.69) is 50.7 Å². The van der Waals surface area contributed by atoms with E-state index in [0.717, 1.165) is 18.8 Å². The van der Waals surface area contributed by atoms with Crippen LogP contribution in [0.4, 0.5) is 0 Å². The summed E-state index contributed by atoms with van der Waals surface area (Å²) >= 11 is 0. The largest absolute Gasteiger partial charge is 0.481 e. The molecule has 0 spiro atoms. The van der Waals surface area contributed by atoms with Gasteiger partial charge in [0.25, 0.3) is 0 Å². The Labute approximate surface area is 118 Å². The number of pyridine rings is 1. The van der Waals surface area contributed by atoms with Crippen molar-refractivity contribution in [3.8, 4) is 5.88 Å². The van der Waals surface area contributed by atoms with Gasteiger partial charge in [0, 0.05) is 17.3 Å². The van der Waals surface area contributed by atoms with Crippen LogP contribution in [-0.2, 0) is 0 Å². The van der Waals surface area contributed by atoms with E-state index in [9.17, 15) is 0 Å². The molecular formula is C16H28N2O. The molecule has 1 aromatic rings. The molecule has 0 fully saturated rings. The summed E-state index contributed by atoms with van der Waals surface area (Å²) in [6, 6.07) is 4.10. The van der Waals surface area contributed by atoms with Crippen molar-refractivity contribution in [2.75, 3.05) is 20.7 Å². The van der Waals surface area contributed by atoms with Gasteiger partial charge in [0.15, 0.2) is 0 Å². The van der Waals surface area contributed by atoms with Crippen molar-refractivity contribution >= 4 is 0 Å².